The molecule has 0 saturated heterocycles. The molecule has 0 radical (unpaired) electrons. The van der Waals surface area contributed by atoms with Crippen LogP contribution < -0.4 is 0 Å². The van der Waals surface area contributed by atoms with Gasteiger partial charge in [-0.1, -0.05) is 0 Å². The lowest BCUT2D eigenvalue weighted by Crippen LogP contribution is -1.93. The van der Waals surface area contributed by atoms with Crippen molar-refractivity contribution < 1.29 is 10.0 Å². The first-order chi connectivity index (χ1) is 5.52. The molecule has 4 heteroatoms. The summed E-state index contributed by atoms with van der Waals surface area (Å²) in [6, 6.07) is 2.66. The van der Waals surface area contributed by atoms with E-state index in [1.54, 1.807) is 13.8 Å². The molecule has 0 aliphatic carbocycles. The maximum atomic E-state index is 10.4. The van der Waals surface area contributed by atoms with Crippen LogP contribution in [0.1, 0.15) is 11.1 Å². The second kappa shape index (κ2) is 2.81. The largest absolute Gasteiger partial charge is 0.508 e. The van der Waals surface area contributed by atoms with Crippen molar-refractivity contribution in [3.05, 3.63) is 33.4 Å². The van der Waals surface area contributed by atoms with Crippen molar-refractivity contribution in [2.45, 2.75) is 13.8 Å². The van der Waals surface area contributed by atoms with E-state index in [9.17, 15) is 10.1 Å². The van der Waals surface area contributed by atoms with E-state index in [1.165, 1.54) is 6.07 Å². The summed E-state index contributed by atoms with van der Waals surface area (Å²) in [7, 11) is 0. The molecule has 0 aliphatic heterocycles. The molecule has 4 nitrogen and oxygen atoms in total. The fourth-order valence-corrected chi connectivity index (χ4v) is 1.01. The van der Waals surface area contributed by atoms with Crippen molar-refractivity contribution >= 4 is 5.69 Å². The molecule has 0 bridgehead atoms. The van der Waals surface area contributed by atoms with Gasteiger partial charge in [-0.2, -0.15) is 0 Å². The first-order valence-electron chi connectivity index (χ1n) is 3.47. The maximum Gasteiger partial charge on any atom is 0.276 e. The minimum atomic E-state index is -0.498. The van der Waals surface area contributed by atoms with Crippen LogP contribution in [0.5, 0.6) is 5.75 Å². The van der Waals surface area contributed by atoms with E-state index < -0.39 is 4.92 Å². The Labute approximate surface area is 69.6 Å². The quantitative estimate of drug-likeness (QED) is 0.513. The third-order valence-electron chi connectivity index (χ3n) is 1.82. The highest BCUT2D eigenvalue weighted by atomic mass is 16.6. The van der Waals surface area contributed by atoms with Gasteiger partial charge in [-0.15, -0.1) is 0 Å². The molecule has 0 aromatic heterocycles. The normalized spacial score (nSPS) is 9.83. The summed E-state index contributed by atoms with van der Waals surface area (Å²) in [5, 5.41) is 19.5. The zero-order valence-electron chi connectivity index (χ0n) is 6.87. The summed E-state index contributed by atoms with van der Waals surface area (Å²) in [5.74, 6) is -0.0650. The van der Waals surface area contributed by atoms with Gasteiger partial charge in [-0.05, 0) is 25.5 Å². The molecule has 0 fully saturated rings. The Balaban J connectivity index is 3.37. The molecule has 1 aromatic carbocycles. The standard InChI is InChI=1S/C8H9NO3/c1-5-3-7(10)4-8(6(5)2)9(11)12/h3-4,10H,1-2H3. The van der Waals surface area contributed by atoms with Crippen LogP contribution in [0, 0.1) is 24.0 Å². The first kappa shape index (κ1) is 8.52. The van der Waals surface area contributed by atoms with Crippen LogP contribution in [0.25, 0.3) is 0 Å². The van der Waals surface area contributed by atoms with Crippen LogP contribution in [0.2, 0.25) is 0 Å². The second-order valence-corrected chi connectivity index (χ2v) is 2.66. The summed E-state index contributed by atoms with van der Waals surface area (Å²) >= 11 is 0. The Morgan fingerprint density at radius 1 is 1.42 bits per heavy atom. The Bertz CT molecular complexity index is 333. The summed E-state index contributed by atoms with van der Waals surface area (Å²) in [6.45, 7) is 3.38. The van der Waals surface area contributed by atoms with Gasteiger partial charge in [0.25, 0.3) is 5.69 Å². The van der Waals surface area contributed by atoms with Crippen molar-refractivity contribution in [3.8, 4) is 5.75 Å². The van der Waals surface area contributed by atoms with Crippen LogP contribution in [0.3, 0.4) is 0 Å². The molecule has 0 saturated carbocycles. The van der Waals surface area contributed by atoms with E-state index in [0.29, 0.717) is 5.56 Å². The molecule has 0 atom stereocenters. The number of phenols is 1. The fraction of sp³-hybridized carbons (Fsp3) is 0.250. The monoisotopic (exact) mass is 167 g/mol. The third kappa shape index (κ3) is 1.37. The van der Waals surface area contributed by atoms with Crippen molar-refractivity contribution in [2.24, 2.45) is 0 Å². The van der Waals surface area contributed by atoms with Crippen LogP contribution in [0.15, 0.2) is 12.1 Å². The molecule has 0 amide bonds. The molecule has 12 heavy (non-hydrogen) atoms. The van der Waals surface area contributed by atoms with Gasteiger partial charge in [0.2, 0.25) is 0 Å². The molecular weight excluding hydrogens is 158 g/mol. The number of aryl methyl sites for hydroxylation is 1. The predicted octanol–water partition coefficient (Wildman–Crippen LogP) is 1.92. The van der Waals surface area contributed by atoms with Gasteiger partial charge in [0.1, 0.15) is 5.75 Å². The highest BCUT2D eigenvalue weighted by Gasteiger charge is 2.13. The van der Waals surface area contributed by atoms with Crippen LogP contribution in [-0.2, 0) is 0 Å². The van der Waals surface area contributed by atoms with Gasteiger partial charge in [0, 0.05) is 5.56 Å². The first-order valence-corrected chi connectivity index (χ1v) is 3.47. The summed E-state index contributed by atoms with van der Waals surface area (Å²) < 4.78 is 0. The van der Waals surface area contributed by atoms with E-state index in [2.05, 4.69) is 0 Å². The zero-order chi connectivity index (χ0) is 9.30. The van der Waals surface area contributed by atoms with Gasteiger partial charge in [0.15, 0.2) is 0 Å². The Morgan fingerprint density at radius 3 is 2.50 bits per heavy atom. The number of nitrogens with zero attached hydrogens (tertiary/aromatic N) is 1. The molecular formula is C8H9NO3. The smallest absolute Gasteiger partial charge is 0.276 e. The van der Waals surface area contributed by atoms with Gasteiger partial charge < -0.3 is 5.11 Å². The van der Waals surface area contributed by atoms with Crippen molar-refractivity contribution in [1.29, 1.82) is 0 Å². The maximum absolute atomic E-state index is 10.4. The Morgan fingerprint density at radius 2 is 2.00 bits per heavy atom. The molecule has 1 N–H and O–H groups in total. The van der Waals surface area contributed by atoms with E-state index in [4.69, 9.17) is 5.11 Å². The molecule has 64 valence electrons. The van der Waals surface area contributed by atoms with Crippen LogP contribution in [-0.4, -0.2) is 10.0 Å². The predicted molar refractivity (Wildman–Crippen MR) is 44.2 cm³/mol. The molecule has 0 heterocycles. The SMILES string of the molecule is Cc1cc(O)cc([N+](=O)[O-])c1C. The molecule has 1 rings (SSSR count). The fourth-order valence-electron chi connectivity index (χ4n) is 1.01. The lowest BCUT2D eigenvalue weighted by Gasteiger charge is -2.01. The molecule has 0 spiro atoms. The van der Waals surface area contributed by atoms with Gasteiger partial charge in [-0.3, -0.25) is 10.1 Å². The number of hydrogen-bond donors (Lipinski definition) is 1. The zero-order valence-corrected chi connectivity index (χ0v) is 6.87. The van der Waals surface area contributed by atoms with Crippen molar-refractivity contribution in [2.75, 3.05) is 0 Å². The number of nitro groups is 1. The van der Waals surface area contributed by atoms with Gasteiger partial charge in [-0.25, -0.2) is 0 Å². The van der Waals surface area contributed by atoms with Crippen molar-refractivity contribution in [1.82, 2.24) is 0 Å². The lowest BCUT2D eigenvalue weighted by molar-refractivity contribution is -0.385. The topological polar surface area (TPSA) is 63.4 Å². The highest BCUT2D eigenvalue weighted by molar-refractivity contribution is 5.49. The summed E-state index contributed by atoms with van der Waals surface area (Å²) in [5.41, 5.74) is 1.28. The van der Waals surface area contributed by atoms with E-state index in [1.807, 2.05) is 0 Å². The minimum Gasteiger partial charge on any atom is -0.508 e. The summed E-state index contributed by atoms with van der Waals surface area (Å²) in [4.78, 5) is 9.92. The number of aromatic hydroxyl groups is 1. The van der Waals surface area contributed by atoms with Gasteiger partial charge in [0.05, 0.1) is 11.0 Å². The molecule has 1 aromatic rings. The van der Waals surface area contributed by atoms with Crippen LogP contribution in [0.4, 0.5) is 5.69 Å². The van der Waals surface area contributed by atoms with E-state index in [-0.39, 0.29) is 11.4 Å². The Hall–Kier alpha value is -1.58. The van der Waals surface area contributed by atoms with Crippen LogP contribution >= 0.6 is 0 Å². The number of benzene rings is 1. The van der Waals surface area contributed by atoms with E-state index >= 15 is 0 Å². The number of hydrogen-bond acceptors (Lipinski definition) is 3. The van der Waals surface area contributed by atoms with E-state index in [0.717, 1.165) is 11.6 Å². The average molecular weight is 167 g/mol. The van der Waals surface area contributed by atoms with Crippen molar-refractivity contribution in [3.63, 3.8) is 0 Å². The number of nitro benzene ring substituents is 1. The third-order valence-corrected chi connectivity index (χ3v) is 1.82. The number of phenolic OH excluding ortho intramolecular Hbond substituents is 1. The average Bonchev–Trinajstić information content (AvgIpc) is 1.96. The molecule has 0 aliphatic rings. The molecule has 0 unspecified atom stereocenters. The number of rotatable bonds is 1. The van der Waals surface area contributed by atoms with Gasteiger partial charge >= 0.3 is 0 Å². The minimum absolute atomic E-state index is 0.0347. The highest BCUT2D eigenvalue weighted by Crippen LogP contribution is 2.26. The Kier molecular flexibility index (Phi) is 1.99. The lowest BCUT2D eigenvalue weighted by atomic mass is 10.1. The summed E-state index contributed by atoms with van der Waals surface area (Å²) in [6.07, 6.45) is 0. The second-order valence-electron chi connectivity index (χ2n) is 2.66.